The molecule has 2 amide bonds. The Morgan fingerprint density at radius 3 is 2.31 bits per heavy atom. The van der Waals surface area contributed by atoms with Crippen LogP contribution in [0.4, 0.5) is 5.69 Å². The van der Waals surface area contributed by atoms with E-state index in [1.54, 1.807) is 42.5 Å². The van der Waals surface area contributed by atoms with Gasteiger partial charge in [-0.3, -0.25) is 14.5 Å². The Hall–Kier alpha value is -3.12. The molecular formula is C23H29N3O3. The first kappa shape index (κ1) is 22.2. The number of primary amides is 1. The fraction of sp³-hybridized carbons (Fsp3) is 0.304. The number of para-hydroxylation sites is 1. The van der Waals surface area contributed by atoms with E-state index in [2.05, 4.69) is 6.58 Å². The summed E-state index contributed by atoms with van der Waals surface area (Å²) in [4.78, 5) is 27.1. The Bertz CT molecular complexity index is 862. The SMILES string of the molecule is C=Cc1ccccc1N(C(=O)C(N)Cc1ccc(O)cc1)C(CC(C)C)C(N)=O. The molecule has 2 aromatic rings. The first-order chi connectivity index (χ1) is 13.7. The second-order valence-electron chi connectivity index (χ2n) is 7.50. The van der Waals surface area contributed by atoms with Crippen molar-refractivity contribution in [3.63, 3.8) is 0 Å². The Morgan fingerprint density at radius 1 is 1.14 bits per heavy atom. The lowest BCUT2D eigenvalue weighted by atomic mass is 9.97. The molecule has 2 unspecified atom stereocenters. The number of amides is 2. The molecule has 0 aliphatic rings. The van der Waals surface area contributed by atoms with Crippen LogP contribution >= 0.6 is 0 Å². The van der Waals surface area contributed by atoms with E-state index in [1.165, 1.54) is 4.90 Å². The maximum absolute atomic E-state index is 13.4. The van der Waals surface area contributed by atoms with Crippen LogP contribution in [0.15, 0.2) is 55.1 Å². The molecule has 0 aliphatic carbocycles. The van der Waals surface area contributed by atoms with E-state index < -0.39 is 23.9 Å². The number of aromatic hydroxyl groups is 1. The smallest absolute Gasteiger partial charge is 0.245 e. The van der Waals surface area contributed by atoms with E-state index in [9.17, 15) is 14.7 Å². The average molecular weight is 396 g/mol. The van der Waals surface area contributed by atoms with E-state index in [0.717, 1.165) is 5.56 Å². The molecule has 2 atom stereocenters. The molecule has 2 rings (SSSR count). The van der Waals surface area contributed by atoms with Gasteiger partial charge in [0.2, 0.25) is 11.8 Å². The van der Waals surface area contributed by atoms with Gasteiger partial charge in [0, 0.05) is 0 Å². The van der Waals surface area contributed by atoms with E-state index in [4.69, 9.17) is 11.5 Å². The molecule has 6 heteroatoms. The maximum Gasteiger partial charge on any atom is 0.245 e. The van der Waals surface area contributed by atoms with Gasteiger partial charge >= 0.3 is 0 Å². The Balaban J connectivity index is 2.44. The van der Waals surface area contributed by atoms with Crippen molar-refractivity contribution < 1.29 is 14.7 Å². The van der Waals surface area contributed by atoms with Gasteiger partial charge in [-0.1, -0.05) is 56.8 Å². The van der Waals surface area contributed by atoms with Gasteiger partial charge in [-0.15, -0.1) is 0 Å². The van der Waals surface area contributed by atoms with Crippen LogP contribution in [-0.2, 0) is 16.0 Å². The summed E-state index contributed by atoms with van der Waals surface area (Å²) in [6.07, 6.45) is 2.31. The number of hydrogen-bond donors (Lipinski definition) is 3. The van der Waals surface area contributed by atoms with Crippen molar-refractivity contribution in [3.05, 3.63) is 66.2 Å². The van der Waals surface area contributed by atoms with Crippen LogP contribution in [0.3, 0.4) is 0 Å². The molecule has 0 heterocycles. The lowest BCUT2D eigenvalue weighted by Crippen LogP contribution is -2.54. The summed E-state index contributed by atoms with van der Waals surface area (Å²) in [7, 11) is 0. The zero-order valence-electron chi connectivity index (χ0n) is 16.9. The highest BCUT2D eigenvalue weighted by Crippen LogP contribution is 2.27. The number of carbonyl (C=O) groups excluding carboxylic acids is 2. The van der Waals surface area contributed by atoms with Gasteiger partial charge in [-0.05, 0) is 48.1 Å². The minimum absolute atomic E-state index is 0.140. The van der Waals surface area contributed by atoms with E-state index in [1.807, 2.05) is 26.0 Å². The summed E-state index contributed by atoms with van der Waals surface area (Å²) in [6.45, 7) is 7.74. The molecule has 5 N–H and O–H groups in total. The van der Waals surface area contributed by atoms with E-state index >= 15 is 0 Å². The van der Waals surface area contributed by atoms with Gasteiger partial charge in [0.25, 0.3) is 0 Å². The van der Waals surface area contributed by atoms with Crippen LogP contribution < -0.4 is 16.4 Å². The van der Waals surface area contributed by atoms with Crippen molar-refractivity contribution in [2.45, 2.75) is 38.8 Å². The summed E-state index contributed by atoms with van der Waals surface area (Å²) in [5.41, 5.74) is 14.0. The van der Waals surface area contributed by atoms with E-state index in [0.29, 0.717) is 17.7 Å². The third-order valence-corrected chi connectivity index (χ3v) is 4.70. The van der Waals surface area contributed by atoms with Gasteiger partial charge < -0.3 is 16.6 Å². The van der Waals surface area contributed by atoms with Gasteiger partial charge in [0.05, 0.1) is 11.7 Å². The first-order valence-electron chi connectivity index (χ1n) is 9.62. The van der Waals surface area contributed by atoms with Crippen molar-refractivity contribution in [3.8, 4) is 5.75 Å². The third-order valence-electron chi connectivity index (χ3n) is 4.70. The lowest BCUT2D eigenvalue weighted by Gasteiger charge is -2.34. The van der Waals surface area contributed by atoms with Crippen LogP contribution in [0.2, 0.25) is 0 Å². The number of rotatable bonds is 9. The summed E-state index contributed by atoms with van der Waals surface area (Å²) in [6, 6.07) is 12.0. The number of hydrogen-bond acceptors (Lipinski definition) is 4. The highest BCUT2D eigenvalue weighted by atomic mass is 16.3. The molecule has 0 bridgehead atoms. The Labute approximate surface area is 171 Å². The van der Waals surface area contributed by atoms with Crippen LogP contribution in [0.1, 0.15) is 31.4 Å². The number of anilines is 1. The van der Waals surface area contributed by atoms with Crippen molar-refractivity contribution in [2.75, 3.05) is 4.90 Å². The zero-order chi connectivity index (χ0) is 21.6. The normalized spacial score (nSPS) is 13.0. The molecule has 0 saturated heterocycles. The topological polar surface area (TPSA) is 110 Å². The number of nitrogens with zero attached hydrogens (tertiary/aromatic N) is 1. The summed E-state index contributed by atoms with van der Waals surface area (Å²) in [5, 5.41) is 9.45. The monoisotopic (exact) mass is 395 g/mol. The van der Waals surface area contributed by atoms with Crippen molar-refractivity contribution >= 4 is 23.6 Å². The molecule has 0 aliphatic heterocycles. The fourth-order valence-electron chi connectivity index (χ4n) is 3.27. The second-order valence-corrected chi connectivity index (χ2v) is 7.50. The lowest BCUT2D eigenvalue weighted by molar-refractivity contribution is -0.125. The highest BCUT2D eigenvalue weighted by Gasteiger charge is 2.34. The van der Waals surface area contributed by atoms with Gasteiger partial charge in [0.15, 0.2) is 0 Å². The van der Waals surface area contributed by atoms with Crippen molar-refractivity contribution in [2.24, 2.45) is 17.4 Å². The molecule has 2 aromatic carbocycles. The molecular weight excluding hydrogens is 366 g/mol. The third kappa shape index (κ3) is 5.68. The summed E-state index contributed by atoms with van der Waals surface area (Å²) < 4.78 is 0. The molecule has 0 saturated carbocycles. The number of phenolic OH excluding ortho intramolecular Hbond substituents is 1. The Kier molecular flexibility index (Phi) is 7.56. The number of carbonyl (C=O) groups is 2. The first-order valence-corrected chi connectivity index (χ1v) is 9.62. The highest BCUT2D eigenvalue weighted by molar-refractivity contribution is 6.04. The van der Waals surface area contributed by atoms with Gasteiger partial charge in [-0.25, -0.2) is 0 Å². The fourth-order valence-corrected chi connectivity index (χ4v) is 3.27. The number of benzene rings is 2. The predicted molar refractivity (Wildman–Crippen MR) is 116 cm³/mol. The molecule has 0 radical (unpaired) electrons. The molecule has 154 valence electrons. The quantitative estimate of drug-likeness (QED) is 0.606. The minimum Gasteiger partial charge on any atom is -0.508 e. The molecule has 0 spiro atoms. The number of nitrogens with two attached hydrogens (primary N) is 2. The molecule has 29 heavy (non-hydrogen) atoms. The second kappa shape index (κ2) is 9.89. The molecule has 0 fully saturated rings. The summed E-state index contributed by atoms with van der Waals surface area (Å²) >= 11 is 0. The molecule has 6 nitrogen and oxygen atoms in total. The van der Waals surface area contributed by atoms with Crippen molar-refractivity contribution in [1.82, 2.24) is 0 Å². The summed E-state index contributed by atoms with van der Waals surface area (Å²) in [5.74, 6) is -0.687. The standard InChI is InChI=1S/C23H29N3O3/c1-4-17-7-5-6-8-20(17)26(21(22(25)28)13-15(2)3)23(29)19(24)14-16-9-11-18(27)12-10-16/h4-12,15,19,21,27H,1,13-14,24H2,2-3H3,(H2,25,28). The Morgan fingerprint density at radius 2 is 1.76 bits per heavy atom. The maximum atomic E-state index is 13.4. The van der Waals surface area contributed by atoms with Gasteiger partial charge in [-0.2, -0.15) is 0 Å². The van der Waals surface area contributed by atoms with E-state index in [-0.39, 0.29) is 18.1 Å². The van der Waals surface area contributed by atoms with Crippen LogP contribution in [0, 0.1) is 5.92 Å². The average Bonchev–Trinajstić information content (AvgIpc) is 2.69. The largest absolute Gasteiger partial charge is 0.508 e. The van der Waals surface area contributed by atoms with Crippen molar-refractivity contribution in [1.29, 1.82) is 0 Å². The van der Waals surface area contributed by atoms with Gasteiger partial charge in [0.1, 0.15) is 11.8 Å². The number of phenols is 1. The minimum atomic E-state index is -0.883. The molecule has 0 aromatic heterocycles. The predicted octanol–water partition coefficient (Wildman–Crippen LogP) is 2.84. The zero-order valence-corrected chi connectivity index (χ0v) is 16.9. The van der Waals surface area contributed by atoms with Crippen LogP contribution in [0.25, 0.3) is 6.08 Å². The van der Waals surface area contributed by atoms with Crippen LogP contribution in [0.5, 0.6) is 5.75 Å². The van der Waals surface area contributed by atoms with Crippen LogP contribution in [-0.4, -0.2) is 29.0 Å².